The fraction of sp³-hybridized carbons (Fsp3) is 0.375. The van der Waals surface area contributed by atoms with Gasteiger partial charge in [0.25, 0.3) is 0 Å². The molecule has 0 fully saturated rings. The highest BCUT2D eigenvalue weighted by atomic mass is 16.5. The van der Waals surface area contributed by atoms with Gasteiger partial charge in [0.1, 0.15) is 17.4 Å². The molecule has 2 aromatic rings. The molecule has 1 heterocycles. The standard InChI is InChI=1S/C16H21N3O/c1-5-6-15-18-14(10-16(17-3)19-15)13-8-7-12(20-4)9-11(13)2/h7-10H,5-6H2,1-4H3,(H,17,18,19). The first-order chi connectivity index (χ1) is 9.67. The van der Waals surface area contributed by atoms with Crippen molar-refractivity contribution in [2.75, 3.05) is 19.5 Å². The second kappa shape index (κ2) is 6.37. The van der Waals surface area contributed by atoms with Crippen LogP contribution < -0.4 is 10.1 Å². The number of benzene rings is 1. The summed E-state index contributed by atoms with van der Waals surface area (Å²) in [5, 5.41) is 3.10. The maximum absolute atomic E-state index is 5.25. The summed E-state index contributed by atoms with van der Waals surface area (Å²) >= 11 is 0. The third kappa shape index (κ3) is 3.07. The molecule has 0 aliphatic heterocycles. The molecule has 0 bridgehead atoms. The van der Waals surface area contributed by atoms with Crippen molar-refractivity contribution >= 4 is 5.82 Å². The average molecular weight is 271 g/mol. The lowest BCUT2D eigenvalue weighted by Gasteiger charge is -2.10. The molecule has 0 radical (unpaired) electrons. The highest BCUT2D eigenvalue weighted by molar-refractivity contribution is 5.67. The maximum Gasteiger partial charge on any atom is 0.131 e. The van der Waals surface area contributed by atoms with Crippen LogP contribution in [0.25, 0.3) is 11.3 Å². The SMILES string of the molecule is CCCc1nc(NC)cc(-c2ccc(OC)cc2C)n1. The van der Waals surface area contributed by atoms with Gasteiger partial charge in [0.2, 0.25) is 0 Å². The molecule has 0 unspecified atom stereocenters. The quantitative estimate of drug-likeness (QED) is 0.904. The van der Waals surface area contributed by atoms with E-state index in [-0.39, 0.29) is 0 Å². The van der Waals surface area contributed by atoms with Gasteiger partial charge in [0.15, 0.2) is 0 Å². The third-order valence-electron chi connectivity index (χ3n) is 3.21. The highest BCUT2D eigenvalue weighted by Crippen LogP contribution is 2.27. The highest BCUT2D eigenvalue weighted by Gasteiger charge is 2.09. The van der Waals surface area contributed by atoms with E-state index in [1.165, 1.54) is 0 Å². The minimum Gasteiger partial charge on any atom is -0.497 e. The van der Waals surface area contributed by atoms with Crippen molar-refractivity contribution in [2.24, 2.45) is 0 Å². The van der Waals surface area contributed by atoms with Crippen molar-refractivity contribution < 1.29 is 4.74 Å². The molecular formula is C16H21N3O. The topological polar surface area (TPSA) is 47.0 Å². The summed E-state index contributed by atoms with van der Waals surface area (Å²) in [6.45, 7) is 4.20. The van der Waals surface area contributed by atoms with E-state index in [0.29, 0.717) is 0 Å². The zero-order valence-corrected chi connectivity index (χ0v) is 12.5. The number of ether oxygens (including phenoxy) is 1. The van der Waals surface area contributed by atoms with Gasteiger partial charge in [-0.3, -0.25) is 0 Å². The number of rotatable bonds is 5. The van der Waals surface area contributed by atoms with Crippen LogP contribution >= 0.6 is 0 Å². The first kappa shape index (κ1) is 14.3. The molecule has 0 saturated carbocycles. The van der Waals surface area contributed by atoms with Crippen LogP contribution in [-0.4, -0.2) is 24.1 Å². The first-order valence-electron chi connectivity index (χ1n) is 6.88. The lowest BCUT2D eigenvalue weighted by atomic mass is 10.0. The molecule has 4 heteroatoms. The Labute approximate surface area is 120 Å². The molecule has 4 nitrogen and oxygen atoms in total. The summed E-state index contributed by atoms with van der Waals surface area (Å²) in [6, 6.07) is 8.01. The van der Waals surface area contributed by atoms with E-state index < -0.39 is 0 Å². The summed E-state index contributed by atoms with van der Waals surface area (Å²) in [5.74, 6) is 2.60. The Morgan fingerprint density at radius 1 is 1.20 bits per heavy atom. The van der Waals surface area contributed by atoms with Gasteiger partial charge >= 0.3 is 0 Å². The zero-order chi connectivity index (χ0) is 14.5. The molecule has 0 aliphatic carbocycles. The van der Waals surface area contributed by atoms with Gasteiger partial charge in [-0.2, -0.15) is 0 Å². The van der Waals surface area contributed by atoms with Crippen molar-refractivity contribution in [2.45, 2.75) is 26.7 Å². The second-order valence-electron chi connectivity index (χ2n) is 4.74. The van der Waals surface area contributed by atoms with Gasteiger partial charge in [-0.05, 0) is 37.1 Å². The van der Waals surface area contributed by atoms with Crippen LogP contribution in [0, 0.1) is 6.92 Å². The summed E-state index contributed by atoms with van der Waals surface area (Å²) in [4.78, 5) is 9.15. The molecule has 0 aliphatic rings. The Hall–Kier alpha value is -2.10. The van der Waals surface area contributed by atoms with E-state index in [2.05, 4.69) is 29.1 Å². The normalized spacial score (nSPS) is 10.4. The van der Waals surface area contributed by atoms with E-state index in [0.717, 1.165) is 47.1 Å². The number of hydrogen-bond acceptors (Lipinski definition) is 4. The molecule has 20 heavy (non-hydrogen) atoms. The lowest BCUT2D eigenvalue weighted by molar-refractivity contribution is 0.414. The number of aromatic nitrogens is 2. The fourth-order valence-electron chi connectivity index (χ4n) is 2.15. The van der Waals surface area contributed by atoms with Crippen LogP contribution in [0.2, 0.25) is 0 Å². The van der Waals surface area contributed by atoms with Gasteiger partial charge in [-0.25, -0.2) is 9.97 Å². The van der Waals surface area contributed by atoms with E-state index in [1.54, 1.807) is 7.11 Å². The van der Waals surface area contributed by atoms with Crippen LogP contribution in [0.1, 0.15) is 24.7 Å². The number of nitrogens with one attached hydrogen (secondary N) is 1. The summed E-state index contributed by atoms with van der Waals surface area (Å²) < 4.78 is 5.25. The molecule has 0 spiro atoms. The molecule has 1 N–H and O–H groups in total. The fourth-order valence-corrected chi connectivity index (χ4v) is 2.15. The van der Waals surface area contributed by atoms with Gasteiger partial charge in [0.05, 0.1) is 12.8 Å². The van der Waals surface area contributed by atoms with Crippen LogP contribution in [0.3, 0.4) is 0 Å². The molecule has 0 amide bonds. The third-order valence-corrected chi connectivity index (χ3v) is 3.21. The predicted octanol–water partition coefficient (Wildman–Crippen LogP) is 3.45. The van der Waals surface area contributed by atoms with Crippen LogP contribution in [0.5, 0.6) is 5.75 Å². The van der Waals surface area contributed by atoms with Crippen molar-refractivity contribution in [3.05, 3.63) is 35.7 Å². The van der Waals surface area contributed by atoms with Crippen LogP contribution in [-0.2, 0) is 6.42 Å². The minimum atomic E-state index is 0.855. The Morgan fingerprint density at radius 3 is 2.60 bits per heavy atom. The van der Waals surface area contributed by atoms with Crippen LogP contribution in [0.4, 0.5) is 5.82 Å². The smallest absolute Gasteiger partial charge is 0.131 e. The number of hydrogen-bond donors (Lipinski definition) is 1. The van der Waals surface area contributed by atoms with Crippen molar-refractivity contribution in [1.29, 1.82) is 0 Å². The molecule has 0 atom stereocenters. The predicted molar refractivity (Wildman–Crippen MR) is 82.3 cm³/mol. The second-order valence-corrected chi connectivity index (χ2v) is 4.74. The minimum absolute atomic E-state index is 0.855. The van der Waals surface area contributed by atoms with Gasteiger partial charge < -0.3 is 10.1 Å². The van der Waals surface area contributed by atoms with Gasteiger partial charge in [0, 0.05) is 25.1 Å². The Kier molecular flexibility index (Phi) is 4.56. The number of anilines is 1. The van der Waals surface area contributed by atoms with E-state index in [1.807, 2.05) is 31.3 Å². The summed E-state index contributed by atoms with van der Waals surface area (Å²) in [6.07, 6.45) is 1.92. The largest absolute Gasteiger partial charge is 0.497 e. The number of methoxy groups -OCH3 is 1. The van der Waals surface area contributed by atoms with E-state index in [4.69, 9.17) is 4.74 Å². The summed E-state index contributed by atoms with van der Waals surface area (Å²) in [7, 11) is 3.56. The Morgan fingerprint density at radius 2 is 2.00 bits per heavy atom. The molecular weight excluding hydrogens is 250 g/mol. The first-order valence-corrected chi connectivity index (χ1v) is 6.88. The van der Waals surface area contributed by atoms with Gasteiger partial charge in [-0.15, -0.1) is 0 Å². The van der Waals surface area contributed by atoms with E-state index >= 15 is 0 Å². The van der Waals surface area contributed by atoms with Crippen molar-refractivity contribution in [3.63, 3.8) is 0 Å². The zero-order valence-electron chi connectivity index (χ0n) is 12.5. The van der Waals surface area contributed by atoms with E-state index in [9.17, 15) is 0 Å². The monoisotopic (exact) mass is 271 g/mol. The molecule has 1 aromatic heterocycles. The number of aryl methyl sites for hydroxylation is 2. The molecule has 106 valence electrons. The maximum atomic E-state index is 5.25. The van der Waals surface area contributed by atoms with Crippen molar-refractivity contribution in [3.8, 4) is 17.0 Å². The average Bonchev–Trinajstić information content (AvgIpc) is 2.47. The Balaban J connectivity index is 2.48. The summed E-state index contributed by atoms with van der Waals surface area (Å²) in [5.41, 5.74) is 3.21. The molecule has 0 saturated heterocycles. The van der Waals surface area contributed by atoms with Gasteiger partial charge in [-0.1, -0.05) is 6.92 Å². The molecule has 2 rings (SSSR count). The lowest BCUT2D eigenvalue weighted by Crippen LogP contribution is -2.02. The van der Waals surface area contributed by atoms with Crippen molar-refractivity contribution in [1.82, 2.24) is 9.97 Å². The van der Waals surface area contributed by atoms with Crippen LogP contribution in [0.15, 0.2) is 24.3 Å². The Bertz CT molecular complexity index is 596. The molecule has 1 aromatic carbocycles. The number of nitrogens with zero attached hydrogens (tertiary/aromatic N) is 2.